The van der Waals surface area contributed by atoms with E-state index in [2.05, 4.69) is 22.6 Å². The largest absolute Gasteiger partial charge is 0.497 e. The molecule has 2 unspecified atom stereocenters. The number of hydrogen-bond donors (Lipinski definition) is 3. The highest BCUT2D eigenvalue weighted by Crippen LogP contribution is 2.58. The molecule has 0 saturated carbocycles. The quantitative estimate of drug-likeness (QED) is 0.0344. The molecule has 19 nitrogen and oxygen atoms in total. The van der Waals surface area contributed by atoms with Gasteiger partial charge in [0.05, 0.1) is 52.1 Å². The van der Waals surface area contributed by atoms with Crippen LogP contribution in [-0.4, -0.2) is 82.2 Å². The standard InChI is InChI=1S/C52H62N5O14P/c1-8-25-51(9-2,10-3)44(24-26-53)71-72(63,67-32-42-40(58)27-45(68-42)56-29-33(4)47(59)54-49(56)61)70-41-28-46(57-30-34(5)48(60)55-50(57)62)69-43(41)31-66-52(35-14-12-11-13-15-35,36-16-20-38(64-6)21-17-36)37-18-22-39(65-7)23-19-37/h8,11-23,29-30,40-46,58H,1,9-10,24-25,27-28,31-32H2,2-7H3,(H,54,59,61)(H,55,60,62)/t40-,41-,42+,43+,44?,45+,46+,72?/m0/s1. The van der Waals surface area contributed by atoms with Gasteiger partial charge in [-0.1, -0.05) is 74.5 Å². The molecule has 0 amide bonds. The molecule has 0 bridgehead atoms. The minimum absolute atomic E-state index is 0.0902. The van der Waals surface area contributed by atoms with E-state index >= 15 is 4.57 Å². The summed E-state index contributed by atoms with van der Waals surface area (Å²) in [6.07, 6.45) is -2.75. The highest BCUT2D eigenvalue weighted by molar-refractivity contribution is 7.48. The summed E-state index contributed by atoms with van der Waals surface area (Å²) in [5.74, 6) is 1.21. The lowest BCUT2D eigenvalue weighted by atomic mass is 9.73. The molecule has 7 rings (SSSR count). The SMILES string of the molecule is C=CCC(CC)(CC)C(CC#N)OP(=O)(OC[C@H]1O[C@@H](n2cc(C)c(=O)[nH]c2=O)C[C@@H]1O)O[C@H]1C[C@H](n2cc(C)c(=O)[nH]c2=O)O[C@@H]1COC(c1ccccc1)(c1ccc(OC)cc1)c1ccc(OC)cc1. The monoisotopic (exact) mass is 1010 g/mol. The number of methoxy groups -OCH3 is 2. The number of phosphoric acid groups is 1. The van der Waals surface area contributed by atoms with Crippen molar-refractivity contribution in [1.82, 2.24) is 19.1 Å². The van der Waals surface area contributed by atoms with Crippen LogP contribution in [-0.2, 0) is 37.9 Å². The minimum atomic E-state index is -4.94. The lowest BCUT2D eigenvalue weighted by Gasteiger charge is -2.39. The van der Waals surface area contributed by atoms with Gasteiger partial charge in [-0.2, -0.15) is 5.26 Å². The molecule has 5 aromatic rings. The number of benzene rings is 3. The fourth-order valence-corrected chi connectivity index (χ4v) is 11.1. The second kappa shape index (κ2) is 23.1. The summed E-state index contributed by atoms with van der Waals surface area (Å²) in [6, 6.07) is 26.4. The van der Waals surface area contributed by atoms with Crippen molar-refractivity contribution in [3.05, 3.63) is 173 Å². The molecule has 8 atom stereocenters. The van der Waals surface area contributed by atoms with Gasteiger partial charge in [0.1, 0.15) is 47.9 Å². The summed E-state index contributed by atoms with van der Waals surface area (Å²) < 4.78 is 68.5. The second-order valence-electron chi connectivity index (χ2n) is 18.0. The van der Waals surface area contributed by atoms with E-state index < -0.39 is 90.9 Å². The lowest BCUT2D eigenvalue weighted by Crippen LogP contribution is -2.39. The third-order valence-corrected chi connectivity index (χ3v) is 15.3. The van der Waals surface area contributed by atoms with Gasteiger partial charge in [0, 0.05) is 41.8 Å². The Hall–Kier alpha value is -6.20. The van der Waals surface area contributed by atoms with Crippen LogP contribution in [0.1, 0.15) is 92.6 Å². The van der Waals surface area contributed by atoms with Gasteiger partial charge < -0.3 is 28.8 Å². The number of aryl methyl sites for hydroxylation is 2. The van der Waals surface area contributed by atoms with E-state index in [1.54, 1.807) is 20.3 Å². The summed E-state index contributed by atoms with van der Waals surface area (Å²) in [5.41, 5.74) is -2.23. The van der Waals surface area contributed by atoms with Crippen molar-refractivity contribution >= 4 is 7.82 Å². The van der Waals surface area contributed by atoms with E-state index in [1.807, 2.05) is 92.7 Å². The number of hydrogen-bond acceptors (Lipinski definition) is 15. The van der Waals surface area contributed by atoms with Gasteiger partial charge in [-0.25, -0.2) is 14.2 Å². The van der Waals surface area contributed by atoms with E-state index in [-0.39, 0.29) is 37.0 Å². The van der Waals surface area contributed by atoms with Crippen LogP contribution in [0.5, 0.6) is 11.5 Å². The molecule has 3 N–H and O–H groups in total. The molecule has 2 saturated heterocycles. The maximum absolute atomic E-state index is 15.8. The molecule has 72 heavy (non-hydrogen) atoms. The zero-order chi connectivity index (χ0) is 51.8. The fourth-order valence-electron chi connectivity index (χ4n) is 9.48. The Morgan fingerprint density at radius 1 is 0.806 bits per heavy atom. The third kappa shape index (κ3) is 11.4. The normalized spacial score (nSPS) is 21.4. The van der Waals surface area contributed by atoms with Crippen LogP contribution in [0.2, 0.25) is 0 Å². The number of ether oxygens (including phenoxy) is 5. The Balaban J connectivity index is 1.31. The van der Waals surface area contributed by atoms with E-state index in [0.717, 1.165) is 10.1 Å². The molecule has 2 fully saturated rings. The van der Waals surface area contributed by atoms with Gasteiger partial charge in [-0.05, 0) is 74.1 Å². The van der Waals surface area contributed by atoms with Crippen LogP contribution in [0.15, 0.2) is 123 Å². The molecule has 384 valence electrons. The maximum atomic E-state index is 15.8. The Bertz CT molecular complexity index is 2930. The molecular weight excluding hydrogens is 950 g/mol. The van der Waals surface area contributed by atoms with Crippen molar-refractivity contribution in [3.8, 4) is 17.6 Å². The van der Waals surface area contributed by atoms with Crippen molar-refractivity contribution in [3.63, 3.8) is 0 Å². The maximum Gasteiger partial charge on any atom is 0.475 e. The first-order chi connectivity index (χ1) is 34.6. The van der Waals surface area contributed by atoms with Crippen molar-refractivity contribution in [1.29, 1.82) is 5.26 Å². The second-order valence-corrected chi connectivity index (χ2v) is 19.5. The molecule has 20 heteroatoms. The zero-order valence-corrected chi connectivity index (χ0v) is 42.1. The Kier molecular flexibility index (Phi) is 17.2. The number of allylic oxidation sites excluding steroid dienone is 1. The van der Waals surface area contributed by atoms with Gasteiger partial charge in [-0.3, -0.25) is 42.3 Å². The average molecular weight is 1010 g/mol. The first-order valence-electron chi connectivity index (χ1n) is 23.8. The highest BCUT2D eigenvalue weighted by atomic mass is 31.2. The minimum Gasteiger partial charge on any atom is -0.497 e. The van der Waals surface area contributed by atoms with Gasteiger partial charge in [0.25, 0.3) is 11.1 Å². The van der Waals surface area contributed by atoms with Crippen molar-refractivity contribution in [2.75, 3.05) is 27.4 Å². The predicted molar refractivity (Wildman–Crippen MR) is 265 cm³/mol. The first-order valence-corrected chi connectivity index (χ1v) is 25.2. The Morgan fingerprint density at radius 3 is 1.82 bits per heavy atom. The number of aromatic nitrogens is 4. The van der Waals surface area contributed by atoms with E-state index in [4.69, 9.17) is 37.3 Å². The van der Waals surface area contributed by atoms with Gasteiger partial charge >= 0.3 is 19.2 Å². The summed E-state index contributed by atoms with van der Waals surface area (Å²) >= 11 is 0. The zero-order valence-electron chi connectivity index (χ0n) is 41.2. The first kappa shape index (κ1) is 53.6. The summed E-state index contributed by atoms with van der Waals surface area (Å²) in [4.78, 5) is 55.6. The van der Waals surface area contributed by atoms with Crippen molar-refractivity contribution < 1.29 is 46.9 Å². The number of aliphatic hydroxyl groups excluding tert-OH is 1. The number of aliphatic hydroxyl groups is 1. The predicted octanol–water partition coefficient (Wildman–Crippen LogP) is 6.86. The number of nitriles is 1. The van der Waals surface area contributed by atoms with E-state index in [0.29, 0.717) is 41.9 Å². The van der Waals surface area contributed by atoms with Crippen LogP contribution in [0, 0.1) is 30.6 Å². The van der Waals surface area contributed by atoms with Crippen molar-refractivity contribution in [2.45, 2.75) is 115 Å². The van der Waals surface area contributed by atoms with Crippen LogP contribution in [0.25, 0.3) is 0 Å². The van der Waals surface area contributed by atoms with E-state index in [9.17, 15) is 29.5 Å². The molecule has 2 aliphatic rings. The smallest absolute Gasteiger partial charge is 0.475 e. The summed E-state index contributed by atoms with van der Waals surface area (Å²) in [7, 11) is -1.80. The number of aromatic amines is 2. The number of phosphoric ester groups is 1. The van der Waals surface area contributed by atoms with Gasteiger partial charge in [0.2, 0.25) is 0 Å². The number of nitrogens with zero attached hydrogens (tertiary/aromatic N) is 3. The molecule has 4 heterocycles. The van der Waals surface area contributed by atoms with Crippen LogP contribution >= 0.6 is 7.82 Å². The molecule has 0 spiro atoms. The molecule has 2 aliphatic heterocycles. The fraction of sp³-hybridized carbons (Fsp3) is 0.442. The Labute approximate surface area is 416 Å². The molecule has 0 aliphatic carbocycles. The van der Waals surface area contributed by atoms with Crippen LogP contribution < -0.4 is 32.0 Å². The van der Waals surface area contributed by atoms with Crippen LogP contribution in [0.3, 0.4) is 0 Å². The Morgan fingerprint density at radius 2 is 1.32 bits per heavy atom. The molecular formula is C52H62N5O14P. The van der Waals surface area contributed by atoms with Gasteiger partial charge in [0.15, 0.2) is 0 Å². The summed E-state index contributed by atoms with van der Waals surface area (Å²) in [5, 5.41) is 21.5. The third-order valence-electron chi connectivity index (χ3n) is 13.8. The molecule has 0 radical (unpaired) electrons. The van der Waals surface area contributed by atoms with Crippen molar-refractivity contribution in [2.24, 2.45) is 5.41 Å². The van der Waals surface area contributed by atoms with E-state index in [1.165, 1.54) is 30.8 Å². The number of rotatable bonds is 23. The topological polar surface area (TPSA) is 245 Å². The van der Waals surface area contributed by atoms with Gasteiger partial charge in [-0.15, -0.1) is 6.58 Å². The molecule has 2 aromatic heterocycles. The lowest BCUT2D eigenvalue weighted by molar-refractivity contribution is -0.0989. The number of nitrogens with one attached hydrogen (secondary N) is 2. The summed E-state index contributed by atoms with van der Waals surface area (Å²) in [6.45, 7) is 9.99. The van der Waals surface area contributed by atoms with Crippen LogP contribution in [0.4, 0.5) is 0 Å². The highest BCUT2D eigenvalue weighted by Gasteiger charge is 2.49. The number of H-pyrrole nitrogens is 2. The molecule has 3 aromatic carbocycles. The average Bonchev–Trinajstić information content (AvgIpc) is 3.96.